The van der Waals surface area contributed by atoms with E-state index < -0.39 is 0 Å². The van der Waals surface area contributed by atoms with Crippen molar-refractivity contribution in [1.82, 2.24) is 10.2 Å². The maximum absolute atomic E-state index is 10.8. The van der Waals surface area contributed by atoms with Gasteiger partial charge in [-0.05, 0) is 25.9 Å². The molecule has 4 heteroatoms. The third kappa shape index (κ3) is 4.52. The van der Waals surface area contributed by atoms with Crippen LogP contribution in [0.3, 0.4) is 0 Å². The molecule has 1 fully saturated rings. The topological polar surface area (TPSA) is 32.3 Å². The zero-order valence-electron chi connectivity index (χ0n) is 7.96. The fourth-order valence-electron chi connectivity index (χ4n) is 1.59. The highest BCUT2D eigenvalue weighted by molar-refractivity contribution is 7.81. The SMILES string of the molecule is O=C(CS)NCCN1CCCCC1. The van der Waals surface area contributed by atoms with Crippen LogP contribution >= 0.6 is 12.6 Å². The van der Waals surface area contributed by atoms with E-state index in [-0.39, 0.29) is 5.91 Å². The second kappa shape index (κ2) is 6.27. The normalized spacial score (nSPS) is 18.5. The molecule has 1 heterocycles. The number of rotatable bonds is 4. The van der Waals surface area contributed by atoms with Crippen LogP contribution in [0, 0.1) is 0 Å². The van der Waals surface area contributed by atoms with Gasteiger partial charge in [0.1, 0.15) is 0 Å². The van der Waals surface area contributed by atoms with Gasteiger partial charge in [-0.25, -0.2) is 0 Å². The summed E-state index contributed by atoms with van der Waals surface area (Å²) in [5.41, 5.74) is 0. The van der Waals surface area contributed by atoms with E-state index in [1.807, 2.05) is 0 Å². The summed E-state index contributed by atoms with van der Waals surface area (Å²) < 4.78 is 0. The van der Waals surface area contributed by atoms with E-state index in [4.69, 9.17) is 0 Å². The van der Waals surface area contributed by atoms with Crippen LogP contribution in [0.2, 0.25) is 0 Å². The lowest BCUT2D eigenvalue weighted by Gasteiger charge is -2.26. The third-order valence-corrected chi connectivity index (χ3v) is 2.63. The molecule has 0 aromatic rings. The quantitative estimate of drug-likeness (QED) is 0.651. The van der Waals surface area contributed by atoms with Gasteiger partial charge in [-0.3, -0.25) is 4.79 Å². The molecule has 0 bridgehead atoms. The van der Waals surface area contributed by atoms with Gasteiger partial charge < -0.3 is 10.2 Å². The molecule has 76 valence electrons. The van der Waals surface area contributed by atoms with Gasteiger partial charge >= 0.3 is 0 Å². The number of likely N-dealkylation sites (tertiary alicyclic amines) is 1. The van der Waals surface area contributed by atoms with E-state index in [0.29, 0.717) is 5.75 Å². The highest BCUT2D eigenvalue weighted by atomic mass is 32.1. The Labute approximate surface area is 85.3 Å². The first-order chi connectivity index (χ1) is 6.33. The molecular formula is C9H18N2OS. The van der Waals surface area contributed by atoms with Crippen LogP contribution in [0.1, 0.15) is 19.3 Å². The molecule has 0 unspecified atom stereocenters. The first-order valence-electron chi connectivity index (χ1n) is 4.93. The van der Waals surface area contributed by atoms with Gasteiger partial charge in [0.2, 0.25) is 5.91 Å². The number of carbonyl (C=O) groups is 1. The molecule has 1 rings (SSSR count). The molecule has 0 aromatic heterocycles. The van der Waals surface area contributed by atoms with Crippen molar-refractivity contribution in [3.63, 3.8) is 0 Å². The van der Waals surface area contributed by atoms with Crippen LogP contribution in [-0.4, -0.2) is 42.7 Å². The lowest BCUT2D eigenvalue weighted by molar-refractivity contribution is -0.118. The third-order valence-electron chi connectivity index (χ3n) is 2.34. The van der Waals surface area contributed by atoms with Crippen molar-refractivity contribution in [3.8, 4) is 0 Å². The first kappa shape index (κ1) is 10.9. The second-order valence-electron chi connectivity index (χ2n) is 3.41. The largest absolute Gasteiger partial charge is 0.354 e. The Morgan fingerprint density at radius 2 is 2.00 bits per heavy atom. The number of hydrogen-bond donors (Lipinski definition) is 2. The van der Waals surface area contributed by atoms with Gasteiger partial charge in [-0.1, -0.05) is 6.42 Å². The number of hydrogen-bond acceptors (Lipinski definition) is 3. The van der Waals surface area contributed by atoms with Crippen LogP contribution in [-0.2, 0) is 4.79 Å². The summed E-state index contributed by atoms with van der Waals surface area (Å²) in [4.78, 5) is 13.3. The molecule has 1 amide bonds. The van der Waals surface area contributed by atoms with Crippen molar-refractivity contribution < 1.29 is 4.79 Å². The van der Waals surface area contributed by atoms with Crippen molar-refractivity contribution in [3.05, 3.63) is 0 Å². The predicted molar refractivity (Wildman–Crippen MR) is 57.2 cm³/mol. The number of carbonyl (C=O) groups excluding carboxylic acids is 1. The zero-order chi connectivity index (χ0) is 9.52. The van der Waals surface area contributed by atoms with Gasteiger partial charge in [0.25, 0.3) is 0 Å². The molecule has 1 saturated heterocycles. The van der Waals surface area contributed by atoms with Crippen molar-refractivity contribution in [2.45, 2.75) is 19.3 Å². The fraction of sp³-hybridized carbons (Fsp3) is 0.889. The lowest BCUT2D eigenvalue weighted by atomic mass is 10.1. The highest BCUT2D eigenvalue weighted by Crippen LogP contribution is 2.07. The molecule has 1 N–H and O–H groups in total. The molecule has 0 radical (unpaired) electrons. The van der Waals surface area contributed by atoms with E-state index in [9.17, 15) is 4.79 Å². The minimum absolute atomic E-state index is 0.0281. The summed E-state index contributed by atoms with van der Waals surface area (Å²) in [6, 6.07) is 0. The van der Waals surface area contributed by atoms with E-state index >= 15 is 0 Å². The minimum atomic E-state index is 0.0281. The Hall–Kier alpha value is -0.220. The minimum Gasteiger partial charge on any atom is -0.354 e. The van der Waals surface area contributed by atoms with Gasteiger partial charge in [0.05, 0.1) is 5.75 Å². The van der Waals surface area contributed by atoms with Crippen LogP contribution in [0.4, 0.5) is 0 Å². The summed E-state index contributed by atoms with van der Waals surface area (Å²) >= 11 is 3.89. The average molecular weight is 202 g/mol. The molecule has 0 spiro atoms. The molecule has 1 aliphatic heterocycles. The molecule has 0 saturated carbocycles. The Bertz CT molecular complexity index is 158. The molecule has 13 heavy (non-hydrogen) atoms. The van der Waals surface area contributed by atoms with Crippen molar-refractivity contribution >= 4 is 18.5 Å². The molecule has 0 aliphatic carbocycles. The van der Waals surface area contributed by atoms with Crippen molar-refractivity contribution in [2.75, 3.05) is 31.9 Å². The maximum atomic E-state index is 10.8. The van der Waals surface area contributed by atoms with Crippen molar-refractivity contribution in [1.29, 1.82) is 0 Å². The number of piperidine rings is 1. The molecule has 0 atom stereocenters. The van der Waals surface area contributed by atoms with Gasteiger partial charge in [0.15, 0.2) is 0 Å². The van der Waals surface area contributed by atoms with Crippen LogP contribution in [0.25, 0.3) is 0 Å². The molecule has 3 nitrogen and oxygen atoms in total. The standard InChI is InChI=1S/C9H18N2OS/c12-9(8-13)10-4-7-11-5-2-1-3-6-11/h13H,1-8H2,(H,10,12). The Morgan fingerprint density at radius 3 is 2.62 bits per heavy atom. The summed E-state index contributed by atoms with van der Waals surface area (Å²) in [6.07, 6.45) is 3.97. The number of amides is 1. The number of nitrogens with zero attached hydrogens (tertiary/aromatic N) is 1. The lowest BCUT2D eigenvalue weighted by Crippen LogP contribution is -2.37. The van der Waals surface area contributed by atoms with Gasteiger partial charge in [-0.2, -0.15) is 12.6 Å². The molecular weight excluding hydrogens is 184 g/mol. The van der Waals surface area contributed by atoms with E-state index in [1.165, 1.54) is 32.4 Å². The van der Waals surface area contributed by atoms with Crippen molar-refractivity contribution in [2.24, 2.45) is 0 Å². The molecule has 0 aromatic carbocycles. The van der Waals surface area contributed by atoms with Crippen LogP contribution in [0.5, 0.6) is 0 Å². The van der Waals surface area contributed by atoms with Crippen LogP contribution in [0.15, 0.2) is 0 Å². The Morgan fingerprint density at radius 1 is 1.31 bits per heavy atom. The zero-order valence-corrected chi connectivity index (χ0v) is 8.85. The Balaban J connectivity index is 2.01. The Kier molecular flexibility index (Phi) is 5.23. The first-order valence-corrected chi connectivity index (χ1v) is 5.56. The van der Waals surface area contributed by atoms with E-state index in [1.54, 1.807) is 0 Å². The summed E-state index contributed by atoms with van der Waals surface area (Å²) in [6.45, 7) is 4.13. The van der Waals surface area contributed by atoms with Gasteiger partial charge in [-0.15, -0.1) is 0 Å². The predicted octanol–water partition coefficient (Wildman–Crippen LogP) is 0.518. The highest BCUT2D eigenvalue weighted by Gasteiger charge is 2.09. The summed E-state index contributed by atoms with van der Waals surface area (Å²) in [5, 5.41) is 2.82. The van der Waals surface area contributed by atoms with E-state index in [2.05, 4.69) is 22.8 Å². The fourth-order valence-corrected chi connectivity index (χ4v) is 1.70. The summed E-state index contributed by atoms with van der Waals surface area (Å²) in [7, 11) is 0. The summed E-state index contributed by atoms with van der Waals surface area (Å²) in [5.74, 6) is 0.320. The maximum Gasteiger partial charge on any atom is 0.229 e. The second-order valence-corrected chi connectivity index (χ2v) is 3.73. The monoisotopic (exact) mass is 202 g/mol. The van der Waals surface area contributed by atoms with E-state index in [0.717, 1.165) is 13.1 Å². The number of nitrogens with one attached hydrogen (secondary N) is 1. The smallest absolute Gasteiger partial charge is 0.229 e. The van der Waals surface area contributed by atoms with Gasteiger partial charge in [0, 0.05) is 13.1 Å². The molecule has 1 aliphatic rings. The number of thiol groups is 1. The van der Waals surface area contributed by atoms with Crippen LogP contribution < -0.4 is 5.32 Å². The average Bonchev–Trinajstić information content (AvgIpc) is 2.19.